The van der Waals surface area contributed by atoms with Gasteiger partial charge in [0, 0.05) is 12.7 Å². The highest BCUT2D eigenvalue weighted by atomic mass is 32.1. The molecule has 0 saturated carbocycles. The molecule has 0 saturated heterocycles. The molecule has 1 aliphatic heterocycles. The molecule has 0 spiro atoms. The van der Waals surface area contributed by atoms with Crippen LogP contribution in [0.15, 0.2) is 41.6 Å². The maximum absolute atomic E-state index is 12.3. The van der Waals surface area contributed by atoms with E-state index >= 15 is 0 Å². The number of nitrogens with one attached hydrogen (secondary N) is 1. The smallest absolute Gasteiger partial charge is 0.338 e. The molecule has 0 unspecified atom stereocenters. The number of nitrogens with zero attached hydrogens (tertiary/aromatic N) is 1. The van der Waals surface area contributed by atoms with Crippen LogP contribution in [-0.2, 0) is 9.53 Å². The van der Waals surface area contributed by atoms with Crippen LogP contribution >= 0.6 is 12.2 Å². The molecule has 1 heterocycles. The van der Waals surface area contributed by atoms with E-state index in [1.54, 1.807) is 11.8 Å². The zero-order valence-corrected chi connectivity index (χ0v) is 12.7. The minimum absolute atomic E-state index is 0.265. The first-order valence-corrected chi connectivity index (χ1v) is 6.94. The van der Waals surface area contributed by atoms with Gasteiger partial charge in [-0.3, -0.25) is 0 Å². The Hall–Kier alpha value is -1.88. The van der Waals surface area contributed by atoms with Gasteiger partial charge in [-0.25, -0.2) is 4.79 Å². The average Bonchev–Trinajstić information content (AvgIpc) is 2.45. The standard InChI is InChI=1S/C15H18N2O2S/c1-4-19-14(18)12-10(2)17(3)15(20)16-13(12)11-8-6-5-7-9-11/h5-9,13H,4H2,1-3H3,(H,16,20)/t13-/m1/s1. The van der Waals surface area contributed by atoms with Gasteiger partial charge in [0.15, 0.2) is 5.11 Å². The Morgan fingerprint density at radius 2 is 2.05 bits per heavy atom. The quantitative estimate of drug-likeness (QED) is 0.684. The van der Waals surface area contributed by atoms with Crippen molar-refractivity contribution >= 4 is 23.3 Å². The summed E-state index contributed by atoms with van der Waals surface area (Å²) in [7, 11) is 1.84. The van der Waals surface area contributed by atoms with Crippen LogP contribution < -0.4 is 5.32 Å². The van der Waals surface area contributed by atoms with E-state index < -0.39 is 0 Å². The van der Waals surface area contributed by atoms with Crippen LogP contribution in [-0.4, -0.2) is 29.6 Å². The summed E-state index contributed by atoms with van der Waals surface area (Å²) in [5.41, 5.74) is 2.42. The van der Waals surface area contributed by atoms with Crippen molar-refractivity contribution in [3.63, 3.8) is 0 Å². The molecule has 1 aromatic carbocycles. The minimum Gasteiger partial charge on any atom is -0.463 e. The van der Waals surface area contributed by atoms with Crippen molar-refractivity contribution in [1.29, 1.82) is 0 Å². The Morgan fingerprint density at radius 1 is 1.40 bits per heavy atom. The lowest BCUT2D eigenvalue weighted by atomic mass is 9.95. The summed E-state index contributed by atoms with van der Waals surface area (Å²) in [5, 5.41) is 3.80. The maximum atomic E-state index is 12.3. The molecule has 0 amide bonds. The number of carbonyl (C=O) groups is 1. The van der Waals surface area contributed by atoms with Crippen LogP contribution in [0.25, 0.3) is 0 Å². The van der Waals surface area contributed by atoms with Crippen molar-refractivity contribution in [1.82, 2.24) is 10.2 Å². The highest BCUT2D eigenvalue weighted by Crippen LogP contribution is 2.30. The van der Waals surface area contributed by atoms with Gasteiger partial charge < -0.3 is 15.0 Å². The number of allylic oxidation sites excluding steroid dienone is 1. The summed E-state index contributed by atoms with van der Waals surface area (Å²) in [6.45, 7) is 4.04. The molecule has 1 aliphatic rings. The van der Waals surface area contributed by atoms with Crippen molar-refractivity contribution in [2.24, 2.45) is 0 Å². The van der Waals surface area contributed by atoms with Gasteiger partial charge in [-0.1, -0.05) is 30.3 Å². The Bertz CT molecular complexity index is 554. The first-order chi connectivity index (χ1) is 9.56. The van der Waals surface area contributed by atoms with E-state index in [-0.39, 0.29) is 12.0 Å². The zero-order valence-electron chi connectivity index (χ0n) is 11.8. The molecule has 0 fully saturated rings. The summed E-state index contributed by atoms with van der Waals surface area (Å²) in [6.07, 6.45) is 0. The molecular weight excluding hydrogens is 272 g/mol. The molecule has 106 valence electrons. The fourth-order valence-corrected chi connectivity index (χ4v) is 2.46. The summed E-state index contributed by atoms with van der Waals surface area (Å²) >= 11 is 5.32. The van der Waals surface area contributed by atoms with Crippen LogP contribution in [0.3, 0.4) is 0 Å². The number of hydrogen-bond donors (Lipinski definition) is 1. The molecule has 0 aliphatic carbocycles. The van der Waals surface area contributed by atoms with E-state index in [2.05, 4.69) is 5.32 Å². The summed E-state index contributed by atoms with van der Waals surface area (Å²) in [4.78, 5) is 14.0. The number of benzene rings is 1. The summed E-state index contributed by atoms with van der Waals surface area (Å²) in [5.74, 6) is -0.305. The molecule has 1 N–H and O–H groups in total. The summed E-state index contributed by atoms with van der Waals surface area (Å²) in [6, 6.07) is 9.50. The topological polar surface area (TPSA) is 41.6 Å². The Kier molecular flexibility index (Phi) is 4.39. The number of carbonyl (C=O) groups excluding carboxylic acids is 1. The Labute approximate surface area is 124 Å². The van der Waals surface area contributed by atoms with Crippen molar-refractivity contribution in [3.8, 4) is 0 Å². The number of thiocarbonyl (C=S) groups is 1. The molecule has 20 heavy (non-hydrogen) atoms. The predicted octanol–water partition coefficient (Wildman–Crippen LogP) is 2.38. The number of esters is 1. The second kappa shape index (κ2) is 6.05. The zero-order chi connectivity index (χ0) is 14.7. The normalized spacial score (nSPS) is 18.9. The molecule has 4 nitrogen and oxygen atoms in total. The van der Waals surface area contributed by atoms with E-state index in [1.807, 2.05) is 44.3 Å². The second-order valence-electron chi connectivity index (χ2n) is 4.57. The SMILES string of the molecule is CCOC(=O)C1=C(C)N(C)C(=S)N[C@@H]1c1ccccc1. The lowest BCUT2D eigenvalue weighted by Crippen LogP contribution is -2.46. The van der Waals surface area contributed by atoms with E-state index in [9.17, 15) is 4.79 Å². The van der Waals surface area contributed by atoms with Crippen LogP contribution in [0.2, 0.25) is 0 Å². The van der Waals surface area contributed by atoms with Gasteiger partial charge in [-0.15, -0.1) is 0 Å². The van der Waals surface area contributed by atoms with Crippen molar-refractivity contribution in [2.75, 3.05) is 13.7 Å². The van der Waals surface area contributed by atoms with Crippen molar-refractivity contribution < 1.29 is 9.53 Å². The Morgan fingerprint density at radius 3 is 2.65 bits per heavy atom. The van der Waals surface area contributed by atoms with Crippen LogP contribution in [0.4, 0.5) is 0 Å². The first-order valence-electron chi connectivity index (χ1n) is 6.53. The number of ether oxygens (including phenoxy) is 1. The monoisotopic (exact) mass is 290 g/mol. The minimum atomic E-state index is -0.305. The fraction of sp³-hybridized carbons (Fsp3) is 0.333. The largest absolute Gasteiger partial charge is 0.463 e. The van der Waals surface area contributed by atoms with Gasteiger partial charge >= 0.3 is 5.97 Å². The van der Waals surface area contributed by atoms with E-state index in [1.165, 1.54) is 0 Å². The molecule has 0 aromatic heterocycles. The second-order valence-corrected chi connectivity index (χ2v) is 4.96. The molecule has 1 atom stereocenters. The Balaban J connectivity index is 2.48. The molecular formula is C15H18N2O2S. The van der Waals surface area contributed by atoms with E-state index in [4.69, 9.17) is 17.0 Å². The third-order valence-electron chi connectivity index (χ3n) is 3.38. The van der Waals surface area contributed by atoms with E-state index in [0.717, 1.165) is 11.3 Å². The molecule has 5 heteroatoms. The van der Waals surface area contributed by atoms with Crippen molar-refractivity contribution in [3.05, 3.63) is 47.2 Å². The molecule has 0 bridgehead atoms. The predicted molar refractivity (Wildman–Crippen MR) is 82.0 cm³/mol. The van der Waals surface area contributed by atoms with E-state index in [0.29, 0.717) is 17.3 Å². The van der Waals surface area contributed by atoms with Crippen molar-refractivity contribution in [2.45, 2.75) is 19.9 Å². The lowest BCUT2D eigenvalue weighted by Gasteiger charge is -2.35. The molecule has 2 rings (SSSR count). The fourth-order valence-electron chi connectivity index (χ4n) is 2.20. The van der Waals surface area contributed by atoms with Gasteiger partial charge in [0.1, 0.15) is 0 Å². The third-order valence-corrected chi connectivity index (χ3v) is 3.77. The van der Waals surface area contributed by atoms with Gasteiger partial charge in [0.05, 0.1) is 18.2 Å². The summed E-state index contributed by atoms with van der Waals surface area (Å²) < 4.78 is 5.18. The maximum Gasteiger partial charge on any atom is 0.338 e. The number of hydrogen-bond acceptors (Lipinski definition) is 3. The highest BCUT2D eigenvalue weighted by Gasteiger charge is 2.33. The van der Waals surface area contributed by atoms with Crippen LogP contribution in [0.1, 0.15) is 25.5 Å². The van der Waals surface area contributed by atoms with Gasteiger partial charge in [0.25, 0.3) is 0 Å². The lowest BCUT2D eigenvalue weighted by molar-refractivity contribution is -0.139. The van der Waals surface area contributed by atoms with Gasteiger partial charge in [0.2, 0.25) is 0 Å². The van der Waals surface area contributed by atoms with Crippen LogP contribution in [0, 0.1) is 0 Å². The van der Waals surface area contributed by atoms with Gasteiger partial charge in [-0.05, 0) is 31.6 Å². The first kappa shape index (κ1) is 14.5. The molecule has 1 aromatic rings. The molecule has 0 radical (unpaired) electrons. The average molecular weight is 290 g/mol. The highest BCUT2D eigenvalue weighted by molar-refractivity contribution is 7.80. The third kappa shape index (κ3) is 2.67. The van der Waals surface area contributed by atoms with Crippen LogP contribution in [0.5, 0.6) is 0 Å². The number of rotatable bonds is 3. The van der Waals surface area contributed by atoms with Gasteiger partial charge in [-0.2, -0.15) is 0 Å².